The number of β-amino-alcohol motifs (C(OH)–C–C–N with tert-alkyl or cyclic N) is 1. The first kappa shape index (κ1) is 17.1. The Morgan fingerprint density at radius 1 is 1.29 bits per heavy atom. The second-order valence-electron chi connectivity index (χ2n) is 5.92. The Bertz CT molecular complexity index is 602. The van der Waals surface area contributed by atoms with Crippen LogP contribution < -0.4 is 0 Å². The predicted molar refractivity (Wildman–Crippen MR) is 85.9 cm³/mol. The van der Waals surface area contributed by atoms with E-state index in [2.05, 4.69) is 4.90 Å². The Kier molecular flexibility index (Phi) is 5.98. The van der Waals surface area contributed by atoms with Crippen LogP contribution in [0, 0.1) is 5.82 Å². The van der Waals surface area contributed by atoms with Crippen molar-refractivity contribution < 1.29 is 23.4 Å². The highest BCUT2D eigenvalue weighted by Gasteiger charge is 2.23. The quantitative estimate of drug-likeness (QED) is 0.842. The normalized spacial score (nSPS) is 20.2. The summed E-state index contributed by atoms with van der Waals surface area (Å²) in [6.45, 7) is 3.12. The van der Waals surface area contributed by atoms with Crippen molar-refractivity contribution in [3.63, 3.8) is 0 Å². The van der Waals surface area contributed by atoms with Gasteiger partial charge in [-0.15, -0.1) is 0 Å². The highest BCUT2D eigenvalue weighted by Crippen LogP contribution is 2.22. The summed E-state index contributed by atoms with van der Waals surface area (Å²) >= 11 is 0. The van der Waals surface area contributed by atoms with Crippen LogP contribution in [0.2, 0.25) is 0 Å². The molecule has 24 heavy (non-hydrogen) atoms. The minimum absolute atomic E-state index is 0.101. The van der Waals surface area contributed by atoms with E-state index >= 15 is 0 Å². The second kappa shape index (κ2) is 8.39. The van der Waals surface area contributed by atoms with E-state index < -0.39 is 6.10 Å². The van der Waals surface area contributed by atoms with Gasteiger partial charge in [0.25, 0.3) is 0 Å². The molecular formula is C18H22FNO4. The summed E-state index contributed by atoms with van der Waals surface area (Å²) in [6, 6.07) is 10.0. The monoisotopic (exact) mass is 335 g/mol. The zero-order valence-electron chi connectivity index (χ0n) is 13.4. The van der Waals surface area contributed by atoms with Gasteiger partial charge < -0.3 is 19.0 Å². The number of morpholine rings is 1. The molecule has 1 saturated heterocycles. The molecule has 1 aromatic heterocycles. The number of hydrogen-bond donors (Lipinski definition) is 1. The highest BCUT2D eigenvalue weighted by molar-refractivity contribution is 5.19. The van der Waals surface area contributed by atoms with Crippen LogP contribution >= 0.6 is 0 Å². The Labute approximate surface area is 140 Å². The van der Waals surface area contributed by atoms with Gasteiger partial charge >= 0.3 is 0 Å². The van der Waals surface area contributed by atoms with E-state index in [-0.39, 0.29) is 18.5 Å². The molecular weight excluding hydrogens is 313 g/mol. The molecule has 1 aromatic carbocycles. The number of furan rings is 1. The molecule has 2 heterocycles. The zero-order valence-corrected chi connectivity index (χ0v) is 13.4. The third-order valence-corrected chi connectivity index (χ3v) is 4.00. The maximum Gasteiger partial charge on any atom is 0.129 e. The van der Waals surface area contributed by atoms with Crippen LogP contribution in [0.25, 0.3) is 0 Å². The largest absolute Gasteiger partial charge is 0.467 e. The molecule has 130 valence electrons. The highest BCUT2D eigenvalue weighted by atomic mass is 19.1. The van der Waals surface area contributed by atoms with Crippen LogP contribution in [-0.2, 0) is 16.1 Å². The van der Waals surface area contributed by atoms with Crippen LogP contribution in [-0.4, -0.2) is 49.0 Å². The van der Waals surface area contributed by atoms with E-state index in [1.807, 2.05) is 6.07 Å². The maximum absolute atomic E-state index is 13.0. The first-order chi connectivity index (χ1) is 11.7. The molecule has 3 rings (SSSR count). The van der Waals surface area contributed by atoms with Gasteiger partial charge in [0.1, 0.15) is 18.2 Å². The SMILES string of the molecule is O[C@@H](COCc1ccco1)CN1CCO[C@@H](c2ccc(F)cc2)C1. The Morgan fingerprint density at radius 2 is 2.12 bits per heavy atom. The number of aliphatic hydroxyl groups excluding tert-OH is 1. The molecule has 6 heteroatoms. The molecule has 1 fully saturated rings. The predicted octanol–water partition coefficient (Wildman–Crippen LogP) is 2.37. The minimum Gasteiger partial charge on any atom is -0.467 e. The fraction of sp³-hybridized carbons (Fsp3) is 0.444. The molecule has 0 bridgehead atoms. The first-order valence-corrected chi connectivity index (χ1v) is 8.08. The summed E-state index contributed by atoms with van der Waals surface area (Å²) < 4.78 is 29.4. The number of benzene rings is 1. The molecule has 1 aliphatic rings. The van der Waals surface area contributed by atoms with Gasteiger partial charge in [-0.05, 0) is 29.8 Å². The molecule has 1 N–H and O–H groups in total. The van der Waals surface area contributed by atoms with Crippen LogP contribution in [0.5, 0.6) is 0 Å². The van der Waals surface area contributed by atoms with Crippen molar-refractivity contribution in [2.75, 3.05) is 32.8 Å². The number of nitrogens with zero attached hydrogens (tertiary/aromatic N) is 1. The number of ether oxygens (including phenoxy) is 2. The van der Waals surface area contributed by atoms with E-state index in [1.165, 1.54) is 12.1 Å². The zero-order chi connectivity index (χ0) is 16.8. The van der Waals surface area contributed by atoms with Crippen LogP contribution in [0.4, 0.5) is 4.39 Å². The smallest absolute Gasteiger partial charge is 0.129 e. The van der Waals surface area contributed by atoms with E-state index in [0.717, 1.165) is 17.9 Å². The summed E-state index contributed by atoms with van der Waals surface area (Å²) in [5, 5.41) is 10.1. The second-order valence-corrected chi connectivity index (χ2v) is 5.92. The van der Waals surface area contributed by atoms with Crippen molar-refractivity contribution in [1.82, 2.24) is 4.90 Å². The lowest BCUT2D eigenvalue weighted by molar-refractivity contribution is -0.0544. The number of hydrogen-bond acceptors (Lipinski definition) is 5. The summed E-state index contributed by atoms with van der Waals surface area (Å²) in [4.78, 5) is 2.14. The van der Waals surface area contributed by atoms with E-state index in [0.29, 0.717) is 26.3 Å². The third kappa shape index (κ3) is 4.88. The molecule has 2 atom stereocenters. The van der Waals surface area contributed by atoms with E-state index in [9.17, 15) is 9.50 Å². The summed E-state index contributed by atoms with van der Waals surface area (Å²) in [5.74, 6) is 0.487. The number of halogens is 1. The summed E-state index contributed by atoms with van der Waals surface area (Å²) in [7, 11) is 0. The standard InChI is InChI=1S/C18H22FNO4/c19-15-5-3-14(4-6-15)18-11-20(7-9-24-18)10-16(21)12-22-13-17-2-1-8-23-17/h1-6,8,16,18,21H,7,9-13H2/t16-,18-/m1/s1. The Balaban J connectivity index is 1.43. The molecule has 2 aromatic rings. The lowest BCUT2D eigenvalue weighted by Gasteiger charge is -2.34. The van der Waals surface area contributed by atoms with Gasteiger partial charge in [-0.3, -0.25) is 4.90 Å². The topological polar surface area (TPSA) is 55.1 Å². The molecule has 0 aliphatic carbocycles. The molecule has 1 aliphatic heterocycles. The third-order valence-electron chi connectivity index (χ3n) is 4.00. The van der Waals surface area contributed by atoms with Gasteiger partial charge in [-0.1, -0.05) is 12.1 Å². The van der Waals surface area contributed by atoms with Crippen molar-refractivity contribution in [2.45, 2.75) is 18.8 Å². The molecule has 0 radical (unpaired) electrons. The van der Waals surface area contributed by atoms with Crippen molar-refractivity contribution in [2.24, 2.45) is 0 Å². The summed E-state index contributed by atoms with van der Waals surface area (Å²) in [5.41, 5.74) is 0.949. The lowest BCUT2D eigenvalue weighted by Crippen LogP contribution is -2.43. The molecule has 5 nitrogen and oxygen atoms in total. The molecule has 0 unspecified atom stereocenters. The van der Waals surface area contributed by atoms with Gasteiger partial charge in [-0.2, -0.15) is 0 Å². The number of aliphatic hydroxyl groups is 1. The minimum atomic E-state index is -0.577. The van der Waals surface area contributed by atoms with Gasteiger partial charge in [0.2, 0.25) is 0 Å². The van der Waals surface area contributed by atoms with E-state index in [1.54, 1.807) is 24.5 Å². The Morgan fingerprint density at radius 3 is 2.88 bits per heavy atom. The number of rotatable bonds is 7. The van der Waals surface area contributed by atoms with Gasteiger partial charge in [0, 0.05) is 19.6 Å². The molecule has 0 spiro atoms. The van der Waals surface area contributed by atoms with Gasteiger partial charge in [-0.25, -0.2) is 4.39 Å². The van der Waals surface area contributed by atoms with E-state index in [4.69, 9.17) is 13.9 Å². The molecule has 0 amide bonds. The van der Waals surface area contributed by atoms with Crippen LogP contribution in [0.15, 0.2) is 47.1 Å². The molecule has 0 saturated carbocycles. The Hall–Kier alpha value is -1.73. The first-order valence-electron chi connectivity index (χ1n) is 8.08. The fourth-order valence-electron chi connectivity index (χ4n) is 2.79. The van der Waals surface area contributed by atoms with Crippen LogP contribution in [0.3, 0.4) is 0 Å². The van der Waals surface area contributed by atoms with Crippen LogP contribution in [0.1, 0.15) is 17.4 Å². The maximum atomic E-state index is 13.0. The lowest BCUT2D eigenvalue weighted by atomic mass is 10.1. The van der Waals surface area contributed by atoms with Gasteiger partial charge in [0.15, 0.2) is 0 Å². The average Bonchev–Trinajstić information content (AvgIpc) is 3.09. The van der Waals surface area contributed by atoms with Crippen molar-refractivity contribution in [3.8, 4) is 0 Å². The summed E-state index contributed by atoms with van der Waals surface area (Å²) in [6.07, 6.45) is 0.917. The van der Waals surface area contributed by atoms with Crippen molar-refractivity contribution >= 4 is 0 Å². The van der Waals surface area contributed by atoms with Gasteiger partial charge in [0.05, 0.1) is 31.7 Å². The van der Waals surface area contributed by atoms with Crippen molar-refractivity contribution in [1.29, 1.82) is 0 Å². The average molecular weight is 335 g/mol. The van der Waals surface area contributed by atoms with Crippen molar-refractivity contribution in [3.05, 3.63) is 59.8 Å². The fourth-order valence-corrected chi connectivity index (χ4v) is 2.79.